The predicted octanol–water partition coefficient (Wildman–Crippen LogP) is 4.76. The van der Waals surface area contributed by atoms with Crippen molar-refractivity contribution < 1.29 is 9.47 Å². The van der Waals surface area contributed by atoms with E-state index in [1.165, 1.54) is 11.1 Å². The van der Waals surface area contributed by atoms with Gasteiger partial charge in [0.25, 0.3) is 0 Å². The third kappa shape index (κ3) is 4.47. The minimum Gasteiger partial charge on any atom is -0.486 e. The topological polar surface area (TPSA) is 42.5 Å². The summed E-state index contributed by atoms with van der Waals surface area (Å²) in [7, 11) is 0. The van der Waals surface area contributed by atoms with Crippen molar-refractivity contribution in [3.63, 3.8) is 0 Å². The smallest absolute Gasteiger partial charge is 0.171 e. The molecule has 0 radical (unpaired) electrons. The maximum absolute atomic E-state index is 5.72. The Balaban J connectivity index is 1.75. The summed E-state index contributed by atoms with van der Waals surface area (Å²) >= 11 is 5.56. The van der Waals surface area contributed by atoms with Gasteiger partial charge in [-0.3, -0.25) is 0 Å². The second-order valence-corrected chi connectivity index (χ2v) is 7.51. The van der Waals surface area contributed by atoms with Crippen molar-refractivity contribution in [2.24, 2.45) is 5.92 Å². The molecule has 3 rings (SSSR count). The fourth-order valence-corrected chi connectivity index (χ4v) is 3.49. The van der Waals surface area contributed by atoms with Crippen molar-refractivity contribution in [2.45, 2.75) is 33.7 Å². The fourth-order valence-electron chi connectivity index (χ4n) is 3.24. The molecule has 0 saturated carbocycles. The standard InChI is InChI=1S/C21H26N2O2S/c1-13(2)20(16-5-6-18-19(12-16)25-8-7-24-18)23-21(26)22-17-10-14(3)9-15(4)11-17/h5-6,9-13,20H,7-8H2,1-4H3,(H2,22,23,26)/t20-/m1/s1. The zero-order valence-corrected chi connectivity index (χ0v) is 16.6. The van der Waals surface area contributed by atoms with Crippen LogP contribution in [0.2, 0.25) is 0 Å². The number of aryl methyl sites for hydroxylation is 2. The highest BCUT2D eigenvalue weighted by atomic mass is 32.1. The zero-order chi connectivity index (χ0) is 18.7. The minimum atomic E-state index is 0.0803. The maximum atomic E-state index is 5.72. The van der Waals surface area contributed by atoms with Gasteiger partial charge >= 0.3 is 0 Å². The van der Waals surface area contributed by atoms with Crippen molar-refractivity contribution in [3.8, 4) is 11.5 Å². The van der Waals surface area contributed by atoms with Gasteiger partial charge in [0, 0.05) is 5.69 Å². The maximum Gasteiger partial charge on any atom is 0.171 e. The molecule has 1 aliphatic rings. The largest absolute Gasteiger partial charge is 0.486 e. The Morgan fingerprint density at radius 1 is 0.962 bits per heavy atom. The molecule has 138 valence electrons. The number of hydrogen-bond donors (Lipinski definition) is 2. The Hall–Kier alpha value is -2.27. The van der Waals surface area contributed by atoms with Crippen molar-refractivity contribution in [1.82, 2.24) is 5.32 Å². The van der Waals surface area contributed by atoms with E-state index in [9.17, 15) is 0 Å². The van der Waals surface area contributed by atoms with Crippen LogP contribution in [0.25, 0.3) is 0 Å². The average Bonchev–Trinajstić information content (AvgIpc) is 2.58. The lowest BCUT2D eigenvalue weighted by atomic mass is 9.95. The molecule has 4 nitrogen and oxygen atoms in total. The van der Waals surface area contributed by atoms with Gasteiger partial charge in [-0.2, -0.15) is 0 Å². The van der Waals surface area contributed by atoms with E-state index in [1.807, 2.05) is 12.1 Å². The third-order valence-electron chi connectivity index (χ3n) is 4.36. The van der Waals surface area contributed by atoms with E-state index < -0.39 is 0 Å². The van der Waals surface area contributed by atoms with Crippen molar-refractivity contribution >= 4 is 23.0 Å². The number of fused-ring (bicyclic) bond motifs is 1. The summed E-state index contributed by atoms with van der Waals surface area (Å²) in [6.07, 6.45) is 0. The van der Waals surface area contributed by atoms with Crippen LogP contribution in [0, 0.1) is 19.8 Å². The Morgan fingerprint density at radius 2 is 1.62 bits per heavy atom. The van der Waals surface area contributed by atoms with E-state index in [1.54, 1.807) is 0 Å². The van der Waals surface area contributed by atoms with Crippen LogP contribution in [-0.2, 0) is 0 Å². The van der Waals surface area contributed by atoms with Gasteiger partial charge in [0.05, 0.1) is 6.04 Å². The Kier molecular flexibility index (Phi) is 5.67. The Morgan fingerprint density at radius 3 is 2.27 bits per heavy atom. The first-order valence-corrected chi connectivity index (χ1v) is 9.38. The first-order valence-electron chi connectivity index (χ1n) is 8.98. The number of anilines is 1. The number of thiocarbonyl (C=S) groups is 1. The molecule has 26 heavy (non-hydrogen) atoms. The van der Waals surface area contributed by atoms with Crippen LogP contribution in [0.3, 0.4) is 0 Å². The molecule has 2 N–H and O–H groups in total. The van der Waals surface area contributed by atoms with E-state index in [0.29, 0.717) is 24.2 Å². The molecular formula is C21H26N2O2S. The summed E-state index contributed by atoms with van der Waals surface area (Å²) < 4.78 is 11.3. The molecule has 2 aromatic rings. The van der Waals surface area contributed by atoms with E-state index >= 15 is 0 Å². The highest BCUT2D eigenvalue weighted by molar-refractivity contribution is 7.80. The second kappa shape index (κ2) is 7.96. The molecule has 0 bridgehead atoms. The van der Waals surface area contributed by atoms with Crippen LogP contribution in [0.5, 0.6) is 11.5 Å². The number of hydrogen-bond acceptors (Lipinski definition) is 3. The first-order chi connectivity index (χ1) is 12.4. The molecule has 0 amide bonds. The molecule has 1 atom stereocenters. The second-order valence-electron chi connectivity index (χ2n) is 7.10. The third-order valence-corrected chi connectivity index (χ3v) is 4.58. The predicted molar refractivity (Wildman–Crippen MR) is 110 cm³/mol. The van der Waals surface area contributed by atoms with E-state index in [-0.39, 0.29) is 6.04 Å². The van der Waals surface area contributed by atoms with Gasteiger partial charge < -0.3 is 20.1 Å². The minimum absolute atomic E-state index is 0.0803. The van der Waals surface area contributed by atoms with Crippen LogP contribution in [-0.4, -0.2) is 18.3 Å². The van der Waals surface area contributed by atoms with E-state index in [4.69, 9.17) is 21.7 Å². The molecule has 5 heteroatoms. The molecule has 0 saturated heterocycles. The molecule has 1 aliphatic heterocycles. The molecule has 0 fully saturated rings. The van der Waals surface area contributed by atoms with Crippen molar-refractivity contribution in [2.75, 3.05) is 18.5 Å². The summed E-state index contributed by atoms with van der Waals surface area (Å²) in [5.41, 5.74) is 4.56. The Bertz CT molecular complexity index is 784. The lowest BCUT2D eigenvalue weighted by Crippen LogP contribution is -2.35. The lowest BCUT2D eigenvalue weighted by Gasteiger charge is -2.26. The summed E-state index contributed by atoms with van der Waals surface area (Å²) in [6.45, 7) is 9.70. The van der Waals surface area contributed by atoms with Gasteiger partial charge in [-0.05, 0) is 72.9 Å². The van der Waals surface area contributed by atoms with Gasteiger partial charge in [-0.15, -0.1) is 0 Å². The normalized spacial score (nSPS) is 14.0. The zero-order valence-electron chi connectivity index (χ0n) is 15.8. The summed E-state index contributed by atoms with van der Waals surface area (Å²) in [6, 6.07) is 12.5. The van der Waals surface area contributed by atoms with Gasteiger partial charge in [0.1, 0.15) is 13.2 Å². The number of benzene rings is 2. The molecular weight excluding hydrogens is 344 g/mol. The lowest BCUT2D eigenvalue weighted by molar-refractivity contribution is 0.171. The fraction of sp³-hybridized carbons (Fsp3) is 0.381. The Labute approximate surface area is 160 Å². The monoisotopic (exact) mass is 370 g/mol. The average molecular weight is 371 g/mol. The SMILES string of the molecule is Cc1cc(C)cc(NC(=S)N[C@@H](c2ccc3c(c2)OCCO3)C(C)C)c1. The highest BCUT2D eigenvalue weighted by Gasteiger charge is 2.20. The molecule has 0 spiro atoms. The summed E-state index contributed by atoms with van der Waals surface area (Å²) in [5, 5.41) is 7.37. The van der Waals surface area contributed by atoms with Crippen molar-refractivity contribution in [3.05, 3.63) is 53.1 Å². The van der Waals surface area contributed by atoms with E-state index in [0.717, 1.165) is 22.7 Å². The summed E-state index contributed by atoms with van der Waals surface area (Å²) in [4.78, 5) is 0. The van der Waals surface area contributed by atoms with Gasteiger partial charge in [0.15, 0.2) is 16.6 Å². The van der Waals surface area contributed by atoms with Gasteiger partial charge in [-0.25, -0.2) is 0 Å². The highest BCUT2D eigenvalue weighted by Crippen LogP contribution is 2.34. The molecule has 1 heterocycles. The van der Waals surface area contributed by atoms with Crippen LogP contribution < -0.4 is 20.1 Å². The van der Waals surface area contributed by atoms with Crippen LogP contribution >= 0.6 is 12.2 Å². The first kappa shape index (κ1) is 18.5. The quantitative estimate of drug-likeness (QED) is 0.760. The number of rotatable bonds is 4. The van der Waals surface area contributed by atoms with Crippen LogP contribution in [0.4, 0.5) is 5.69 Å². The summed E-state index contributed by atoms with van der Waals surface area (Å²) in [5.74, 6) is 1.96. The van der Waals surface area contributed by atoms with Crippen LogP contribution in [0.15, 0.2) is 36.4 Å². The van der Waals surface area contributed by atoms with Gasteiger partial charge in [-0.1, -0.05) is 26.0 Å². The van der Waals surface area contributed by atoms with E-state index in [2.05, 4.69) is 62.6 Å². The molecule has 0 aliphatic carbocycles. The molecule has 0 aromatic heterocycles. The number of nitrogens with one attached hydrogen (secondary N) is 2. The number of ether oxygens (including phenoxy) is 2. The van der Waals surface area contributed by atoms with Crippen molar-refractivity contribution in [1.29, 1.82) is 0 Å². The van der Waals surface area contributed by atoms with Crippen LogP contribution in [0.1, 0.15) is 36.6 Å². The van der Waals surface area contributed by atoms with Gasteiger partial charge in [0.2, 0.25) is 0 Å². The molecule has 0 unspecified atom stereocenters. The molecule has 2 aromatic carbocycles.